The zero-order chi connectivity index (χ0) is 34.4. The van der Waals surface area contributed by atoms with E-state index in [4.69, 9.17) is 21.1 Å². The molecule has 10 atom stereocenters. The smallest absolute Gasteiger partial charge is 0.193 e. The predicted octanol–water partition coefficient (Wildman–Crippen LogP) is 7.03. The summed E-state index contributed by atoms with van der Waals surface area (Å²) in [4.78, 5) is 25.9. The van der Waals surface area contributed by atoms with Crippen molar-refractivity contribution in [3.05, 3.63) is 88.0 Å². The van der Waals surface area contributed by atoms with Crippen LogP contribution >= 0.6 is 11.6 Å². The van der Waals surface area contributed by atoms with Gasteiger partial charge in [0.25, 0.3) is 0 Å². The zero-order valence-electron chi connectivity index (χ0n) is 27.5. The summed E-state index contributed by atoms with van der Waals surface area (Å²) >= 11 is 6.37. The molecule has 4 aliphatic carbocycles. The Kier molecular flexibility index (Phi) is 9.06. The number of aliphatic hydroxyl groups is 2. The average Bonchev–Trinajstić information content (AvgIpc) is 3.54. The summed E-state index contributed by atoms with van der Waals surface area (Å²) < 4.78 is 46.5. The van der Waals surface area contributed by atoms with E-state index in [1.54, 1.807) is 6.92 Å². The second-order valence-corrected chi connectivity index (χ2v) is 15.4. The van der Waals surface area contributed by atoms with Gasteiger partial charge in [0, 0.05) is 28.4 Å². The largest absolute Gasteiger partial charge is 0.390 e. The van der Waals surface area contributed by atoms with Crippen molar-refractivity contribution in [1.82, 2.24) is 0 Å². The minimum atomic E-state index is -2.30. The molecule has 0 amide bonds. The molecule has 10 heteroatoms. The highest BCUT2D eigenvalue weighted by molar-refractivity contribution is 6.33. The van der Waals surface area contributed by atoms with Gasteiger partial charge in [0.15, 0.2) is 29.1 Å². The first-order valence-electron chi connectivity index (χ1n) is 16.8. The molecule has 1 saturated heterocycles. The van der Waals surface area contributed by atoms with Crippen molar-refractivity contribution in [2.45, 2.75) is 103 Å². The van der Waals surface area contributed by atoms with Gasteiger partial charge in [0.2, 0.25) is 0 Å². The van der Waals surface area contributed by atoms with E-state index in [9.17, 15) is 19.8 Å². The molecule has 2 aromatic carbocycles. The molecule has 2 aromatic rings. The van der Waals surface area contributed by atoms with Crippen LogP contribution in [-0.4, -0.2) is 64.1 Å². The standard InChI is InChI=1S/C38H42ClF2NO6.CH4/c1-20(2)42-30-14-22(7-10-28(30)39)13-21-5-8-23(9-6-21)34-47-33-17-25-26-16-29(40)27-15-24(44)11-12-35(27,3)37(26,41)31(45)18-36(25,4)38(33,48-34)32(46)19-43;/h5-12,14-15,20,25-26,29,31,33-34,42-43,45H,13,16-19H2,1-4H3;1H4/t25-,26-,29-,31-,33+,34+,35-,36-,37-,38+;/m0./s1. The van der Waals surface area contributed by atoms with Crippen LogP contribution in [0.3, 0.4) is 0 Å². The fourth-order valence-corrected chi connectivity index (χ4v) is 10.0. The molecule has 1 aliphatic heterocycles. The van der Waals surface area contributed by atoms with Crippen LogP contribution in [0, 0.1) is 22.7 Å². The Bertz CT molecular complexity index is 1710. The number of halogens is 3. The van der Waals surface area contributed by atoms with Gasteiger partial charge in [-0.05, 0) is 93.4 Å². The van der Waals surface area contributed by atoms with Crippen molar-refractivity contribution in [1.29, 1.82) is 0 Å². The second kappa shape index (κ2) is 12.4. The van der Waals surface area contributed by atoms with Crippen LogP contribution in [0.2, 0.25) is 5.02 Å². The highest BCUT2D eigenvalue weighted by Crippen LogP contribution is 2.72. The summed E-state index contributed by atoms with van der Waals surface area (Å²) in [6, 6.07) is 13.8. The van der Waals surface area contributed by atoms with Crippen LogP contribution in [-0.2, 0) is 25.5 Å². The van der Waals surface area contributed by atoms with Gasteiger partial charge < -0.3 is 25.0 Å². The molecule has 7 nitrogen and oxygen atoms in total. The molecule has 0 radical (unpaired) electrons. The fourth-order valence-electron chi connectivity index (χ4n) is 9.85. The van der Waals surface area contributed by atoms with Gasteiger partial charge >= 0.3 is 0 Å². The van der Waals surface area contributed by atoms with E-state index in [0.29, 0.717) is 17.0 Å². The molecule has 5 aliphatic rings. The Morgan fingerprint density at radius 2 is 1.80 bits per heavy atom. The van der Waals surface area contributed by atoms with E-state index in [1.807, 2.05) is 56.3 Å². The summed E-state index contributed by atoms with van der Waals surface area (Å²) in [7, 11) is 0. The lowest BCUT2D eigenvalue weighted by Crippen LogP contribution is -2.70. The number of nitrogens with one attached hydrogen (secondary N) is 1. The van der Waals surface area contributed by atoms with E-state index in [0.717, 1.165) is 22.9 Å². The van der Waals surface area contributed by atoms with Crippen LogP contribution < -0.4 is 5.32 Å². The van der Waals surface area contributed by atoms with Crippen LogP contribution in [0.1, 0.15) is 77.4 Å². The molecule has 0 spiro atoms. The van der Waals surface area contributed by atoms with Crippen molar-refractivity contribution in [3.63, 3.8) is 0 Å². The minimum absolute atomic E-state index is 0. The Labute approximate surface area is 291 Å². The Hall–Kier alpha value is -2.95. The third-order valence-corrected chi connectivity index (χ3v) is 12.4. The summed E-state index contributed by atoms with van der Waals surface area (Å²) in [5.74, 6) is -2.62. The maximum Gasteiger partial charge on any atom is 0.193 e. The topological polar surface area (TPSA) is 105 Å². The van der Waals surface area contributed by atoms with Gasteiger partial charge in [-0.3, -0.25) is 9.59 Å². The first-order chi connectivity index (χ1) is 22.7. The number of allylic oxidation sites excluding steroid dienone is 4. The number of ketones is 2. The van der Waals surface area contributed by atoms with E-state index in [-0.39, 0.29) is 38.3 Å². The molecule has 0 aromatic heterocycles. The number of carbonyl (C=O) groups excluding carboxylic acids is 2. The number of fused-ring (bicyclic) bond motifs is 7. The molecule has 0 bridgehead atoms. The lowest BCUT2D eigenvalue weighted by atomic mass is 9.44. The van der Waals surface area contributed by atoms with Crippen LogP contribution in [0.5, 0.6) is 0 Å². The number of hydrogen-bond donors (Lipinski definition) is 3. The number of ether oxygens (including phenoxy) is 2. The molecule has 49 heavy (non-hydrogen) atoms. The highest BCUT2D eigenvalue weighted by Gasteiger charge is 2.80. The van der Waals surface area contributed by atoms with Crippen molar-refractivity contribution in [3.8, 4) is 0 Å². The lowest BCUT2D eigenvalue weighted by molar-refractivity contribution is -0.235. The van der Waals surface area contributed by atoms with E-state index >= 15 is 8.78 Å². The lowest BCUT2D eigenvalue weighted by Gasteiger charge is -2.63. The van der Waals surface area contributed by atoms with Gasteiger partial charge in [0.1, 0.15) is 12.8 Å². The summed E-state index contributed by atoms with van der Waals surface area (Å²) in [5, 5.41) is 25.9. The van der Waals surface area contributed by atoms with Gasteiger partial charge in [-0.1, -0.05) is 62.4 Å². The molecular formula is C39H46ClF2NO6. The number of hydrogen-bond acceptors (Lipinski definition) is 7. The van der Waals surface area contributed by atoms with Crippen molar-refractivity contribution < 1.29 is 38.1 Å². The monoisotopic (exact) mass is 697 g/mol. The Balaban J connectivity index is 0.00000417. The summed E-state index contributed by atoms with van der Waals surface area (Å²) in [5.41, 5.74) is -2.99. The maximum absolute atomic E-state index is 17.6. The van der Waals surface area contributed by atoms with Crippen molar-refractivity contribution >= 4 is 28.9 Å². The minimum Gasteiger partial charge on any atom is -0.390 e. The van der Waals surface area contributed by atoms with E-state index < -0.39 is 76.8 Å². The molecule has 3 N–H and O–H groups in total. The van der Waals surface area contributed by atoms with E-state index in [2.05, 4.69) is 5.32 Å². The fraction of sp³-hybridized carbons (Fsp3) is 0.538. The molecule has 0 unspecified atom stereocenters. The SMILES string of the molecule is C.CC(C)Nc1cc(Cc2ccc([C@@H]3O[C@@H]4C[C@H]5[C@@H]6C[C@H](F)C7=CC(=O)C=C[C@]7(C)[C@@]6(F)[C@@H](O)C[C@]5(C)[C@]4(C(=O)CO)O3)cc2)ccc1Cl. The van der Waals surface area contributed by atoms with Crippen LogP contribution in [0.15, 0.2) is 66.3 Å². The quantitative estimate of drug-likeness (QED) is 0.285. The van der Waals surface area contributed by atoms with Crippen molar-refractivity contribution in [2.75, 3.05) is 11.9 Å². The number of alkyl halides is 2. The predicted molar refractivity (Wildman–Crippen MR) is 184 cm³/mol. The third-order valence-electron chi connectivity index (χ3n) is 12.1. The van der Waals surface area contributed by atoms with Gasteiger partial charge in [0.05, 0.1) is 22.9 Å². The number of Topliss-reactive ketones (excluding diaryl/α,β-unsaturated/α-hetero) is 1. The first-order valence-corrected chi connectivity index (χ1v) is 17.1. The number of benzene rings is 2. The zero-order valence-corrected chi connectivity index (χ0v) is 28.3. The van der Waals surface area contributed by atoms with Gasteiger partial charge in [-0.15, -0.1) is 0 Å². The highest BCUT2D eigenvalue weighted by atomic mass is 35.5. The number of anilines is 1. The maximum atomic E-state index is 17.6. The Morgan fingerprint density at radius 3 is 2.47 bits per heavy atom. The Morgan fingerprint density at radius 1 is 1.10 bits per heavy atom. The van der Waals surface area contributed by atoms with Gasteiger partial charge in [-0.2, -0.15) is 0 Å². The molecule has 3 saturated carbocycles. The number of rotatable bonds is 7. The summed E-state index contributed by atoms with van der Waals surface area (Å²) in [6.45, 7) is 6.59. The molecule has 4 fully saturated rings. The van der Waals surface area contributed by atoms with Crippen molar-refractivity contribution in [2.24, 2.45) is 22.7 Å². The molecule has 1 heterocycles. The molecular weight excluding hydrogens is 652 g/mol. The third kappa shape index (κ3) is 5.09. The van der Waals surface area contributed by atoms with Crippen LogP contribution in [0.25, 0.3) is 0 Å². The number of carbonyl (C=O) groups is 2. The van der Waals surface area contributed by atoms with E-state index in [1.165, 1.54) is 19.1 Å². The molecule has 7 rings (SSSR count). The van der Waals surface area contributed by atoms with Crippen LogP contribution in [0.4, 0.5) is 14.5 Å². The normalized spacial score (nSPS) is 39.0. The second-order valence-electron chi connectivity index (χ2n) is 15.0. The number of aliphatic hydroxyl groups excluding tert-OH is 2. The molecule has 264 valence electrons. The first kappa shape index (κ1) is 35.9. The average molecular weight is 698 g/mol. The summed E-state index contributed by atoms with van der Waals surface area (Å²) in [6.07, 6.45) is -0.784. The van der Waals surface area contributed by atoms with Gasteiger partial charge in [-0.25, -0.2) is 8.78 Å².